The molecule has 1 fully saturated rings. The van der Waals surface area contributed by atoms with Gasteiger partial charge in [0, 0.05) is 5.75 Å². The van der Waals surface area contributed by atoms with E-state index in [-0.39, 0.29) is 5.92 Å². The fourth-order valence-electron chi connectivity index (χ4n) is 1.71. The van der Waals surface area contributed by atoms with E-state index in [0.29, 0.717) is 11.8 Å². The zero-order chi connectivity index (χ0) is 9.14. The highest BCUT2D eigenvalue weighted by molar-refractivity contribution is 7.99. The number of hydrogen-bond acceptors (Lipinski definition) is 2. The molecule has 0 spiro atoms. The van der Waals surface area contributed by atoms with Crippen LogP contribution in [0.3, 0.4) is 0 Å². The van der Waals surface area contributed by atoms with Crippen LogP contribution >= 0.6 is 11.8 Å². The smallest absolute Gasteiger partial charge is 0.307 e. The van der Waals surface area contributed by atoms with E-state index in [2.05, 4.69) is 13.8 Å². The van der Waals surface area contributed by atoms with Crippen molar-refractivity contribution in [3.05, 3.63) is 0 Å². The Hall–Kier alpha value is -0.180. The van der Waals surface area contributed by atoms with Crippen molar-refractivity contribution >= 4 is 17.7 Å². The Labute approximate surface area is 77.7 Å². The van der Waals surface area contributed by atoms with Crippen LogP contribution in [-0.4, -0.2) is 22.6 Å². The second-order valence-corrected chi connectivity index (χ2v) is 4.95. The van der Waals surface area contributed by atoms with Crippen LogP contribution in [0.25, 0.3) is 0 Å². The Morgan fingerprint density at radius 3 is 2.75 bits per heavy atom. The van der Waals surface area contributed by atoms with Crippen molar-refractivity contribution in [3.63, 3.8) is 0 Å². The quantitative estimate of drug-likeness (QED) is 0.737. The third-order valence-corrected chi connectivity index (χ3v) is 3.55. The lowest BCUT2D eigenvalue weighted by Crippen LogP contribution is -2.22. The molecular weight excluding hydrogens is 172 g/mol. The van der Waals surface area contributed by atoms with Gasteiger partial charge in [0.2, 0.25) is 0 Å². The minimum absolute atomic E-state index is 0.0857. The molecule has 12 heavy (non-hydrogen) atoms. The summed E-state index contributed by atoms with van der Waals surface area (Å²) < 4.78 is 0. The van der Waals surface area contributed by atoms with Gasteiger partial charge >= 0.3 is 5.97 Å². The summed E-state index contributed by atoms with van der Waals surface area (Å²) in [5.41, 5.74) is 0. The number of carboxylic acids is 1. The summed E-state index contributed by atoms with van der Waals surface area (Å²) in [5, 5.41) is 8.88. The minimum Gasteiger partial charge on any atom is -0.481 e. The molecule has 0 bridgehead atoms. The van der Waals surface area contributed by atoms with Crippen molar-refractivity contribution in [2.24, 2.45) is 17.8 Å². The maximum atomic E-state index is 10.8. The van der Waals surface area contributed by atoms with Crippen molar-refractivity contribution in [1.82, 2.24) is 0 Å². The number of carboxylic acid groups (broad SMARTS) is 1. The van der Waals surface area contributed by atoms with E-state index in [1.165, 1.54) is 0 Å². The van der Waals surface area contributed by atoms with E-state index in [1.54, 1.807) is 11.8 Å². The molecule has 3 heteroatoms. The zero-order valence-electron chi connectivity index (χ0n) is 7.62. The summed E-state index contributed by atoms with van der Waals surface area (Å²) in [6.45, 7) is 4.31. The lowest BCUT2D eigenvalue weighted by atomic mass is 9.88. The maximum Gasteiger partial charge on any atom is 0.307 e. The summed E-state index contributed by atoms with van der Waals surface area (Å²) in [7, 11) is 0. The Bertz CT molecular complexity index is 168. The summed E-state index contributed by atoms with van der Waals surface area (Å²) in [6, 6.07) is 0. The summed E-state index contributed by atoms with van der Waals surface area (Å²) in [5.74, 6) is 2.19. The third-order valence-electron chi connectivity index (χ3n) is 2.29. The van der Waals surface area contributed by atoms with Crippen LogP contribution in [-0.2, 0) is 4.79 Å². The molecule has 0 radical (unpaired) electrons. The van der Waals surface area contributed by atoms with Crippen LogP contribution in [0.5, 0.6) is 0 Å². The van der Waals surface area contributed by atoms with E-state index < -0.39 is 5.97 Å². The first kappa shape index (κ1) is 9.90. The monoisotopic (exact) mass is 188 g/mol. The molecule has 0 saturated carbocycles. The number of aliphatic carboxylic acids is 1. The zero-order valence-corrected chi connectivity index (χ0v) is 8.43. The number of thioether (sulfide) groups is 1. The van der Waals surface area contributed by atoms with Gasteiger partial charge in [0.05, 0.1) is 5.92 Å². The van der Waals surface area contributed by atoms with Crippen LogP contribution in [0.4, 0.5) is 0 Å². The highest BCUT2D eigenvalue weighted by Gasteiger charge is 2.33. The first-order chi connectivity index (χ1) is 5.61. The SMILES string of the molecule is CC(C)CC1CSCC1C(=O)O. The Kier molecular flexibility index (Phi) is 3.44. The normalized spacial score (nSPS) is 29.6. The second kappa shape index (κ2) is 4.17. The Morgan fingerprint density at radius 1 is 1.58 bits per heavy atom. The van der Waals surface area contributed by atoms with Crippen LogP contribution in [0, 0.1) is 17.8 Å². The van der Waals surface area contributed by atoms with E-state index in [9.17, 15) is 4.79 Å². The number of hydrogen-bond donors (Lipinski definition) is 1. The molecule has 2 unspecified atom stereocenters. The molecule has 1 heterocycles. The molecule has 1 aliphatic rings. The third kappa shape index (κ3) is 2.41. The van der Waals surface area contributed by atoms with Gasteiger partial charge in [0.1, 0.15) is 0 Å². The largest absolute Gasteiger partial charge is 0.481 e. The Morgan fingerprint density at radius 2 is 2.25 bits per heavy atom. The topological polar surface area (TPSA) is 37.3 Å². The lowest BCUT2D eigenvalue weighted by molar-refractivity contribution is -0.142. The average Bonchev–Trinajstić information content (AvgIpc) is 2.33. The molecule has 1 aliphatic heterocycles. The van der Waals surface area contributed by atoms with Gasteiger partial charge in [0.25, 0.3) is 0 Å². The molecule has 0 amide bonds. The van der Waals surface area contributed by atoms with Crippen molar-refractivity contribution in [2.75, 3.05) is 11.5 Å². The van der Waals surface area contributed by atoms with E-state index >= 15 is 0 Å². The predicted octanol–water partition coefficient (Wildman–Crippen LogP) is 2.10. The van der Waals surface area contributed by atoms with E-state index in [4.69, 9.17) is 5.11 Å². The van der Waals surface area contributed by atoms with E-state index in [1.807, 2.05) is 0 Å². The van der Waals surface area contributed by atoms with Gasteiger partial charge in [-0.2, -0.15) is 11.8 Å². The molecule has 70 valence electrons. The fraction of sp³-hybridized carbons (Fsp3) is 0.889. The predicted molar refractivity (Wildman–Crippen MR) is 51.4 cm³/mol. The molecule has 0 aromatic carbocycles. The van der Waals surface area contributed by atoms with Crippen molar-refractivity contribution < 1.29 is 9.90 Å². The van der Waals surface area contributed by atoms with Gasteiger partial charge in [-0.3, -0.25) is 4.79 Å². The maximum absolute atomic E-state index is 10.8. The van der Waals surface area contributed by atoms with Crippen LogP contribution in [0.15, 0.2) is 0 Å². The van der Waals surface area contributed by atoms with Gasteiger partial charge in [-0.1, -0.05) is 13.8 Å². The summed E-state index contributed by atoms with van der Waals surface area (Å²) in [4.78, 5) is 10.8. The molecule has 2 atom stereocenters. The minimum atomic E-state index is -0.606. The van der Waals surface area contributed by atoms with Crippen LogP contribution in [0.1, 0.15) is 20.3 Å². The van der Waals surface area contributed by atoms with Gasteiger partial charge < -0.3 is 5.11 Å². The molecule has 2 nitrogen and oxygen atoms in total. The first-order valence-corrected chi connectivity index (χ1v) is 5.57. The van der Waals surface area contributed by atoms with Crippen molar-refractivity contribution in [2.45, 2.75) is 20.3 Å². The second-order valence-electron chi connectivity index (χ2n) is 3.87. The van der Waals surface area contributed by atoms with Gasteiger partial charge in [-0.25, -0.2) is 0 Å². The van der Waals surface area contributed by atoms with Gasteiger partial charge in [-0.05, 0) is 24.0 Å². The molecule has 1 rings (SSSR count). The molecular formula is C9H16O2S. The molecule has 1 N–H and O–H groups in total. The fourth-order valence-corrected chi connectivity index (χ4v) is 3.19. The van der Waals surface area contributed by atoms with Crippen molar-refractivity contribution in [3.8, 4) is 0 Å². The molecule has 1 saturated heterocycles. The number of rotatable bonds is 3. The summed E-state index contributed by atoms with van der Waals surface area (Å²) in [6.07, 6.45) is 1.06. The molecule has 0 aromatic rings. The lowest BCUT2D eigenvalue weighted by Gasteiger charge is -2.16. The van der Waals surface area contributed by atoms with E-state index in [0.717, 1.165) is 17.9 Å². The highest BCUT2D eigenvalue weighted by atomic mass is 32.2. The average molecular weight is 188 g/mol. The summed E-state index contributed by atoms with van der Waals surface area (Å²) >= 11 is 1.78. The standard InChI is InChI=1S/C9H16O2S/c1-6(2)3-7-4-12-5-8(7)9(10)11/h6-8H,3-5H2,1-2H3,(H,10,11). The molecule has 0 aromatic heterocycles. The van der Waals surface area contributed by atoms with Gasteiger partial charge in [-0.15, -0.1) is 0 Å². The molecule has 0 aliphatic carbocycles. The van der Waals surface area contributed by atoms with Crippen LogP contribution < -0.4 is 0 Å². The Balaban J connectivity index is 2.46. The van der Waals surface area contributed by atoms with Crippen molar-refractivity contribution in [1.29, 1.82) is 0 Å². The highest BCUT2D eigenvalue weighted by Crippen LogP contribution is 2.34. The van der Waals surface area contributed by atoms with Gasteiger partial charge in [0.15, 0.2) is 0 Å². The van der Waals surface area contributed by atoms with Crippen LogP contribution in [0.2, 0.25) is 0 Å². The number of carbonyl (C=O) groups is 1. The first-order valence-electron chi connectivity index (χ1n) is 4.41.